The summed E-state index contributed by atoms with van der Waals surface area (Å²) in [4.78, 5) is 21.2. The van der Waals surface area contributed by atoms with Crippen LogP contribution in [0.1, 0.15) is 6.42 Å². The Labute approximate surface area is 75.2 Å². The van der Waals surface area contributed by atoms with Crippen LogP contribution in [0.25, 0.3) is 0 Å². The lowest BCUT2D eigenvalue weighted by Crippen LogP contribution is -2.41. The molecule has 0 fully saturated rings. The standard InChI is InChI=1S/C9H10O4/c10-6-9(7(11)8(12)13)4-2-1-3-5-9/h1-4,6-7,11H,5H2,(H,12,13). The molecule has 0 aliphatic heterocycles. The van der Waals surface area contributed by atoms with Crippen molar-refractivity contribution in [2.24, 2.45) is 5.41 Å². The first-order valence-corrected chi connectivity index (χ1v) is 3.84. The lowest BCUT2D eigenvalue weighted by atomic mass is 9.78. The van der Waals surface area contributed by atoms with Crippen molar-refractivity contribution < 1.29 is 19.8 Å². The monoisotopic (exact) mass is 182 g/mol. The molecule has 0 saturated heterocycles. The molecule has 0 aromatic carbocycles. The zero-order valence-electron chi connectivity index (χ0n) is 6.88. The predicted octanol–water partition coefficient (Wildman–Crippen LogP) is 0.133. The number of aliphatic carboxylic acids is 1. The van der Waals surface area contributed by atoms with E-state index in [1.165, 1.54) is 6.08 Å². The van der Waals surface area contributed by atoms with Crippen LogP contribution in [0.2, 0.25) is 0 Å². The van der Waals surface area contributed by atoms with Gasteiger partial charge in [-0.05, 0) is 6.42 Å². The van der Waals surface area contributed by atoms with E-state index in [0.717, 1.165) is 0 Å². The number of aldehydes is 1. The van der Waals surface area contributed by atoms with Crippen molar-refractivity contribution in [2.45, 2.75) is 12.5 Å². The number of aliphatic hydroxyl groups excluding tert-OH is 1. The van der Waals surface area contributed by atoms with Crippen LogP contribution in [0.4, 0.5) is 0 Å². The largest absolute Gasteiger partial charge is 0.479 e. The van der Waals surface area contributed by atoms with Crippen LogP contribution in [0.15, 0.2) is 24.3 Å². The first-order chi connectivity index (χ1) is 6.12. The maximum absolute atomic E-state index is 10.7. The molecule has 13 heavy (non-hydrogen) atoms. The van der Waals surface area contributed by atoms with Gasteiger partial charge >= 0.3 is 5.97 Å². The van der Waals surface area contributed by atoms with Gasteiger partial charge in [0, 0.05) is 0 Å². The second-order valence-corrected chi connectivity index (χ2v) is 2.96. The first kappa shape index (κ1) is 9.67. The lowest BCUT2D eigenvalue weighted by Gasteiger charge is -2.27. The van der Waals surface area contributed by atoms with Crippen molar-refractivity contribution in [1.82, 2.24) is 0 Å². The Kier molecular flexibility index (Phi) is 2.63. The Morgan fingerprint density at radius 1 is 1.54 bits per heavy atom. The van der Waals surface area contributed by atoms with Gasteiger partial charge in [0.15, 0.2) is 6.10 Å². The maximum atomic E-state index is 10.7. The van der Waals surface area contributed by atoms with Crippen LogP contribution in [-0.4, -0.2) is 28.6 Å². The van der Waals surface area contributed by atoms with Gasteiger partial charge in [0.1, 0.15) is 6.29 Å². The second-order valence-electron chi connectivity index (χ2n) is 2.96. The predicted molar refractivity (Wildman–Crippen MR) is 45.0 cm³/mol. The van der Waals surface area contributed by atoms with Gasteiger partial charge in [-0.3, -0.25) is 0 Å². The summed E-state index contributed by atoms with van der Waals surface area (Å²) in [7, 11) is 0. The summed E-state index contributed by atoms with van der Waals surface area (Å²) in [5.41, 5.74) is -1.29. The number of carbonyl (C=O) groups is 2. The van der Waals surface area contributed by atoms with Crippen LogP contribution in [0.3, 0.4) is 0 Å². The molecule has 0 aromatic heterocycles. The van der Waals surface area contributed by atoms with E-state index < -0.39 is 17.5 Å². The second kappa shape index (κ2) is 3.53. The van der Waals surface area contributed by atoms with Crippen molar-refractivity contribution in [2.75, 3.05) is 0 Å². The number of carbonyl (C=O) groups excluding carboxylic acids is 1. The van der Waals surface area contributed by atoms with E-state index in [9.17, 15) is 14.7 Å². The fraction of sp³-hybridized carbons (Fsp3) is 0.333. The molecule has 0 heterocycles. The Morgan fingerprint density at radius 2 is 2.23 bits per heavy atom. The van der Waals surface area contributed by atoms with E-state index in [-0.39, 0.29) is 6.42 Å². The Bertz CT molecular complexity index is 279. The number of carboxylic acids is 1. The summed E-state index contributed by atoms with van der Waals surface area (Å²) in [6.45, 7) is 0. The highest BCUT2D eigenvalue weighted by Gasteiger charge is 2.39. The van der Waals surface area contributed by atoms with Crippen molar-refractivity contribution in [3.8, 4) is 0 Å². The van der Waals surface area contributed by atoms with E-state index in [2.05, 4.69) is 0 Å². The summed E-state index contributed by atoms with van der Waals surface area (Å²) in [6, 6.07) is 0. The summed E-state index contributed by atoms with van der Waals surface area (Å²) in [6.07, 6.45) is 5.36. The third kappa shape index (κ3) is 1.67. The molecule has 0 amide bonds. The van der Waals surface area contributed by atoms with Crippen molar-refractivity contribution in [1.29, 1.82) is 0 Å². The fourth-order valence-electron chi connectivity index (χ4n) is 1.24. The molecule has 0 radical (unpaired) electrons. The molecule has 0 spiro atoms. The van der Waals surface area contributed by atoms with Crippen LogP contribution in [0, 0.1) is 5.41 Å². The number of aliphatic hydroxyl groups is 1. The van der Waals surface area contributed by atoms with Crippen LogP contribution in [-0.2, 0) is 9.59 Å². The average Bonchev–Trinajstić information content (AvgIpc) is 2.17. The van der Waals surface area contributed by atoms with Crippen molar-refractivity contribution >= 4 is 12.3 Å². The van der Waals surface area contributed by atoms with Gasteiger partial charge in [-0.2, -0.15) is 0 Å². The SMILES string of the molecule is O=CC1(C(O)C(=O)O)C=CC=CC1. The number of carboxylic acid groups (broad SMARTS) is 1. The number of rotatable bonds is 3. The summed E-state index contributed by atoms with van der Waals surface area (Å²) < 4.78 is 0. The molecular weight excluding hydrogens is 172 g/mol. The van der Waals surface area contributed by atoms with Crippen LogP contribution in [0.5, 0.6) is 0 Å². The fourth-order valence-corrected chi connectivity index (χ4v) is 1.24. The number of hydrogen-bond acceptors (Lipinski definition) is 3. The molecule has 2 atom stereocenters. The zero-order valence-corrected chi connectivity index (χ0v) is 6.88. The quantitative estimate of drug-likeness (QED) is 0.608. The molecule has 0 bridgehead atoms. The van der Waals surface area contributed by atoms with E-state index in [1.807, 2.05) is 0 Å². The van der Waals surface area contributed by atoms with Crippen LogP contribution < -0.4 is 0 Å². The highest BCUT2D eigenvalue weighted by Crippen LogP contribution is 2.29. The Balaban J connectivity index is 2.94. The highest BCUT2D eigenvalue weighted by molar-refractivity contribution is 5.81. The summed E-state index contributed by atoms with van der Waals surface area (Å²) in [5.74, 6) is -1.38. The summed E-state index contributed by atoms with van der Waals surface area (Å²) >= 11 is 0. The Hall–Kier alpha value is -1.42. The van der Waals surface area contributed by atoms with Crippen molar-refractivity contribution in [3.63, 3.8) is 0 Å². The van der Waals surface area contributed by atoms with Gasteiger partial charge in [0.05, 0.1) is 5.41 Å². The van der Waals surface area contributed by atoms with E-state index in [0.29, 0.717) is 6.29 Å². The third-order valence-electron chi connectivity index (χ3n) is 2.09. The third-order valence-corrected chi connectivity index (χ3v) is 2.09. The average molecular weight is 182 g/mol. The Morgan fingerprint density at radius 3 is 2.62 bits per heavy atom. The molecule has 1 rings (SSSR count). The molecule has 1 aliphatic rings. The smallest absolute Gasteiger partial charge is 0.333 e. The molecule has 2 unspecified atom stereocenters. The lowest BCUT2D eigenvalue weighted by molar-refractivity contribution is -0.154. The minimum absolute atomic E-state index is 0.223. The zero-order chi connectivity index (χ0) is 9.90. The normalized spacial score (nSPS) is 28.4. The molecule has 4 heteroatoms. The minimum Gasteiger partial charge on any atom is -0.479 e. The van der Waals surface area contributed by atoms with Gasteiger partial charge in [0.2, 0.25) is 0 Å². The molecule has 2 N–H and O–H groups in total. The topological polar surface area (TPSA) is 74.6 Å². The maximum Gasteiger partial charge on any atom is 0.333 e. The molecule has 0 saturated carbocycles. The molecule has 70 valence electrons. The number of allylic oxidation sites excluding steroid dienone is 3. The molecule has 4 nitrogen and oxygen atoms in total. The number of hydrogen-bond donors (Lipinski definition) is 2. The first-order valence-electron chi connectivity index (χ1n) is 3.84. The van der Waals surface area contributed by atoms with Gasteiger partial charge in [0.25, 0.3) is 0 Å². The van der Waals surface area contributed by atoms with E-state index in [1.54, 1.807) is 18.2 Å². The van der Waals surface area contributed by atoms with E-state index >= 15 is 0 Å². The van der Waals surface area contributed by atoms with Gasteiger partial charge in [-0.15, -0.1) is 0 Å². The summed E-state index contributed by atoms with van der Waals surface area (Å²) in [5, 5.41) is 17.8. The molecular formula is C9H10O4. The molecule has 1 aliphatic carbocycles. The molecule has 0 aromatic rings. The van der Waals surface area contributed by atoms with Gasteiger partial charge in [-0.1, -0.05) is 24.3 Å². The van der Waals surface area contributed by atoms with Gasteiger partial charge < -0.3 is 15.0 Å². The highest BCUT2D eigenvalue weighted by atomic mass is 16.4. The van der Waals surface area contributed by atoms with Crippen LogP contribution >= 0.6 is 0 Å². The minimum atomic E-state index is -1.67. The van der Waals surface area contributed by atoms with Crippen molar-refractivity contribution in [3.05, 3.63) is 24.3 Å². The van der Waals surface area contributed by atoms with E-state index in [4.69, 9.17) is 5.11 Å². The van der Waals surface area contributed by atoms with Gasteiger partial charge in [-0.25, -0.2) is 4.79 Å².